The van der Waals surface area contributed by atoms with Crippen LogP contribution in [0.15, 0.2) is 76.0 Å². The summed E-state index contributed by atoms with van der Waals surface area (Å²) in [5, 5.41) is 51.7. The molecule has 4 atom stereocenters. The highest BCUT2D eigenvalue weighted by Crippen LogP contribution is 2.31. The maximum absolute atomic E-state index is 11.4. The molecule has 19 nitrogen and oxygen atoms in total. The molecule has 0 spiro atoms. The van der Waals surface area contributed by atoms with E-state index in [9.17, 15) is 15.0 Å². The SMILES string of the molecule is CSc1cnc(NC[C@H](C)CNc2nc3ccc(C(O)NCc4nnc(CSc5cnc(NC[C@H](C)CNc6nc7ccc(C(O)/N=C8\NC(=O)CS8)cc7s6)nc5)n4C)cc3s2)nc1. The van der Waals surface area contributed by atoms with Crippen molar-refractivity contribution in [2.45, 2.75) is 48.4 Å². The fraction of sp³-hybridized carbons (Fsp3) is 0.366. The molecule has 0 aliphatic carbocycles. The number of carbonyl (C=O) groups is 1. The summed E-state index contributed by atoms with van der Waals surface area (Å²) in [6.07, 6.45) is 7.24. The van der Waals surface area contributed by atoms with Crippen LogP contribution >= 0.6 is 58.0 Å². The molecule has 1 amide bonds. The Kier molecular flexibility index (Phi) is 15.6. The number of aliphatic hydroxyl groups excluding tert-OH is 2. The van der Waals surface area contributed by atoms with Crippen molar-refractivity contribution >= 4 is 112 Å². The van der Waals surface area contributed by atoms with Crippen LogP contribution < -0.4 is 31.9 Å². The molecule has 1 aliphatic heterocycles. The normalized spacial score (nSPS) is 15.3. The number of amidine groups is 1. The number of fused-ring (bicyclic) bond motifs is 2. The second kappa shape index (κ2) is 21.9. The largest absolute Gasteiger partial charge is 0.374 e. The number of amides is 1. The summed E-state index contributed by atoms with van der Waals surface area (Å²) in [5.41, 5.74) is 3.07. The molecule has 0 bridgehead atoms. The predicted molar refractivity (Wildman–Crippen MR) is 263 cm³/mol. The number of thiazole rings is 2. The number of aliphatic hydroxyl groups is 2. The van der Waals surface area contributed by atoms with E-state index in [0.717, 1.165) is 65.0 Å². The van der Waals surface area contributed by atoms with Crippen molar-refractivity contribution in [1.82, 2.24) is 55.3 Å². The number of thioether (sulfide) groups is 3. The van der Waals surface area contributed by atoms with Gasteiger partial charge < -0.3 is 41.4 Å². The average molecular weight is 973 g/mol. The third-order valence-electron chi connectivity index (χ3n) is 10.1. The molecular weight excluding hydrogens is 925 g/mol. The van der Waals surface area contributed by atoms with Gasteiger partial charge in [-0.1, -0.05) is 60.4 Å². The molecule has 1 aliphatic rings. The molecule has 0 saturated carbocycles. The minimum absolute atomic E-state index is 0.114. The smallest absolute Gasteiger partial charge is 0.236 e. The second-order valence-electron chi connectivity index (χ2n) is 15.2. The van der Waals surface area contributed by atoms with Crippen molar-refractivity contribution in [3.8, 4) is 0 Å². The highest BCUT2D eigenvalue weighted by atomic mass is 32.2. The van der Waals surface area contributed by atoms with Crippen molar-refractivity contribution in [2.24, 2.45) is 23.9 Å². The van der Waals surface area contributed by atoms with Crippen LogP contribution in [-0.2, 0) is 24.1 Å². The van der Waals surface area contributed by atoms with Crippen LogP contribution in [0.2, 0.25) is 0 Å². The van der Waals surface area contributed by atoms with E-state index in [1.165, 1.54) is 23.1 Å². The van der Waals surface area contributed by atoms with E-state index >= 15 is 0 Å². The first-order valence-corrected chi connectivity index (χ1v) is 25.4. The molecule has 1 fully saturated rings. The van der Waals surface area contributed by atoms with Gasteiger partial charge >= 0.3 is 0 Å². The zero-order valence-corrected chi connectivity index (χ0v) is 39.9. The molecule has 65 heavy (non-hydrogen) atoms. The monoisotopic (exact) mass is 972 g/mol. The van der Waals surface area contributed by atoms with Crippen LogP contribution in [-0.4, -0.2) is 104 Å². The maximum Gasteiger partial charge on any atom is 0.236 e. The molecule has 7 aromatic rings. The van der Waals surface area contributed by atoms with Crippen molar-refractivity contribution in [1.29, 1.82) is 0 Å². The van der Waals surface area contributed by atoms with Crippen molar-refractivity contribution in [3.05, 3.63) is 84.0 Å². The number of hydrogen-bond acceptors (Lipinski definition) is 22. The predicted octanol–water partition coefficient (Wildman–Crippen LogP) is 5.94. The Hall–Kier alpha value is -5.21. The molecule has 5 aromatic heterocycles. The van der Waals surface area contributed by atoms with Crippen LogP contribution in [0.5, 0.6) is 0 Å². The molecule has 2 unspecified atom stereocenters. The van der Waals surface area contributed by atoms with Gasteiger partial charge in [0.1, 0.15) is 17.9 Å². The molecule has 0 radical (unpaired) electrons. The summed E-state index contributed by atoms with van der Waals surface area (Å²) in [7, 11) is 1.92. The first-order chi connectivity index (χ1) is 31.5. The molecule has 24 heteroatoms. The van der Waals surface area contributed by atoms with E-state index in [1.807, 2.05) is 60.6 Å². The molecular formula is C41H48N16O3S5. The number of nitrogens with zero attached hydrogens (tertiary/aromatic N) is 10. The van der Waals surface area contributed by atoms with Gasteiger partial charge in [0, 0.05) is 73.4 Å². The summed E-state index contributed by atoms with van der Waals surface area (Å²) in [6.45, 7) is 7.39. The van der Waals surface area contributed by atoms with Gasteiger partial charge in [0.2, 0.25) is 17.8 Å². The Bertz CT molecular complexity index is 2730. The number of hydrogen-bond donors (Lipinski definition) is 8. The highest BCUT2D eigenvalue weighted by molar-refractivity contribution is 8.15. The molecule has 2 aromatic carbocycles. The maximum atomic E-state index is 11.4. The van der Waals surface area contributed by atoms with Crippen LogP contribution in [0.4, 0.5) is 22.2 Å². The van der Waals surface area contributed by atoms with E-state index in [-0.39, 0.29) is 11.8 Å². The lowest BCUT2D eigenvalue weighted by Gasteiger charge is -2.13. The zero-order valence-electron chi connectivity index (χ0n) is 35.8. The van der Waals surface area contributed by atoms with Crippen molar-refractivity contribution in [2.75, 3.05) is 59.5 Å². The third kappa shape index (κ3) is 12.6. The topological polar surface area (TPSA) is 250 Å². The Morgan fingerprint density at radius 1 is 0.785 bits per heavy atom. The summed E-state index contributed by atoms with van der Waals surface area (Å²) in [6, 6.07) is 11.3. The van der Waals surface area contributed by atoms with E-state index in [4.69, 9.17) is 4.98 Å². The molecule has 6 heterocycles. The van der Waals surface area contributed by atoms with Crippen LogP contribution in [0.3, 0.4) is 0 Å². The summed E-state index contributed by atoms with van der Waals surface area (Å²) in [4.78, 5) is 44.7. The van der Waals surface area contributed by atoms with E-state index in [1.54, 1.807) is 53.3 Å². The fourth-order valence-corrected chi connectivity index (χ4v) is 9.93. The van der Waals surface area contributed by atoms with Crippen LogP contribution in [0, 0.1) is 11.8 Å². The van der Waals surface area contributed by atoms with Gasteiger partial charge in [-0.05, 0) is 47.9 Å². The van der Waals surface area contributed by atoms with Gasteiger partial charge in [-0.25, -0.2) is 34.9 Å². The van der Waals surface area contributed by atoms with Gasteiger partial charge in [0.15, 0.2) is 21.7 Å². The van der Waals surface area contributed by atoms with Gasteiger partial charge in [-0.3, -0.25) is 10.1 Å². The van der Waals surface area contributed by atoms with Crippen LogP contribution in [0.25, 0.3) is 20.4 Å². The minimum Gasteiger partial charge on any atom is -0.374 e. The van der Waals surface area contributed by atoms with Gasteiger partial charge in [0.05, 0.1) is 38.5 Å². The lowest BCUT2D eigenvalue weighted by Crippen LogP contribution is -2.22. The van der Waals surface area contributed by atoms with Crippen molar-refractivity contribution in [3.63, 3.8) is 0 Å². The second-order valence-corrected chi connectivity index (χ2v) is 20.2. The number of nitrogens with one attached hydrogen (secondary N) is 6. The number of carbonyl (C=O) groups excluding carboxylic acids is 1. The lowest BCUT2D eigenvalue weighted by molar-refractivity contribution is -0.116. The standard InChI is InChI=1S/C41H48N16O3S5/c1-22(11-43-37-45-15-26(61-4)16-46-37)13-49-39-51-28-7-5-24(9-30(28)64-39)35(59)42-19-32-55-56-33(57(32)3)20-62-27-17-47-38(48-18-27)44-12-23(2)14-50-40-52-29-8-6-25(10-31(29)65-40)36(60)54-41-53-34(58)21-63-41/h5-10,15-18,22-23,35-36,42,59-60H,11-14,19-21H2,1-4H3,(H,49,51)(H,50,52)(H,43,45,46)(H,44,47,48)(H,53,54,58)/t22-,23-,35?,36?/m0/s1. The highest BCUT2D eigenvalue weighted by Gasteiger charge is 2.20. The number of anilines is 4. The summed E-state index contributed by atoms with van der Waals surface area (Å²) < 4.78 is 3.84. The van der Waals surface area contributed by atoms with Gasteiger partial charge in [-0.15, -0.1) is 33.7 Å². The van der Waals surface area contributed by atoms with E-state index < -0.39 is 12.5 Å². The number of aliphatic imine (C=N–C) groups is 1. The third-order valence-corrected chi connectivity index (χ3v) is 14.5. The van der Waals surface area contributed by atoms with Crippen molar-refractivity contribution < 1.29 is 15.0 Å². The number of benzene rings is 2. The average Bonchev–Trinajstić information content (AvgIpc) is 4.13. The molecule has 1 saturated heterocycles. The van der Waals surface area contributed by atoms with Gasteiger partial charge in [0.25, 0.3) is 0 Å². The number of aromatic nitrogens is 9. The Morgan fingerprint density at radius 3 is 1.92 bits per heavy atom. The Labute approximate surface area is 395 Å². The Balaban J connectivity index is 0.738. The summed E-state index contributed by atoms with van der Waals surface area (Å²) in [5.74, 6) is 3.96. The molecule has 8 rings (SSSR count). The molecule has 340 valence electrons. The molecule has 8 N–H and O–H groups in total. The first-order valence-electron chi connectivity index (χ1n) is 20.6. The first kappa shape index (κ1) is 46.3. The quantitative estimate of drug-likeness (QED) is 0.0289. The van der Waals surface area contributed by atoms with Crippen LogP contribution in [0.1, 0.15) is 49.1 Å². The summed E-state index contributed by atoms with van der Waals surface area (Å²) >= 11 is 7.52. The Morgan fingerprint density at radius 2 is 1.34 bits per heavy atom. The minimum atomic E-state index is -1.07. The zero-order chi connectivity index (χ0) is 45.3. The lowest BCUT2D eigenvalue weighted by atomic mass is 10.2. The fourth-order valence-electron chi connectivity index (χ4n) is 6.27. The van der Waals surface area contributed by atoms with Gasteiger partial charge in [-0.2, -0.15) is 0 Å². The van der Waals surface area contributed by atoms with E-state index in [0.29, 0.717) is 65.5 Å². The number of rotatable bonds is 22. The van der Waals surface area contributed by atoms with E-state index in [2.05, 4.69) is 85.9 Å².